The van der Waals surface area contributed by atoms with Crippen LogP contribution in [-0.2, 0) is 11.3 Å². The van der Waals surface area contributed by atoms with E-state index in [1.807, 2.05) is 4.90 Å². The summed E-state index contributed by atoms with van der Waals surface area (Å²) in [7, 11) is 0. The highest BCUT2D eigenvalue weighted by Crippen LogP contribution is 2.23. The van der Waals surface area contributed by atoms with Crippen LogP contribution in [0.3, 0.4) is 0 Å². The van der Waals surface area contributed by atoms with Gasteiger partial charge in [-0.2, -0.15) is 0 Å². The van der Waals surface area contributed by atoms with Gasteiger partial charge in [0.2, 0.25) is 5.91 Å². The van der Waals surface area contributed by atoms with Gasteiger partial charge in [0.15, 0.2) is 0 Å². The quantitative estimate of drug-likeness (QED) is 0.841. The summed E-state index contributed by atoms with van der Waals surface area (Å²) in [6, 6.07) is 2.34. The molecule has 0 aliphatic carbocycles. The molecule has 24 heavy (non-hydrogen) atoms. The normalized spacial score (nSPS) is 26.5. The molecule has 3 rings (SSSR count). The molecule has 0 radical (unpaired) electrons. The molecular weight excluding hydrogens is 307 g/mol. The van der Waals surface area contributed by atoms with Gasteiger partial charge < -0.3 is 4.90 Å². The molecule has 2 saturated heterocycles. The van der Waals surface area contributed by atoms with Crippen molar-refractivity contribution in [2.75, 3.05) is 26.2 Å². The molecule has 0 bridgehead atoms. The van der Waals surface area contributed by atoms with Crippen molar-refractivity contribution < 1.29 is 9.18 Å². The summed E-state index contributed by atoms with van der Waals surface area (Å²) in [4.78, 5) is 23.0. The monoisotopic (exact) mass is 334 g/mol. The van der Waals surface area contributed by atoms with E-state index in [9.17, 15) is 9.18 Å². The molecule has 2 atom stereocenters. The Hall–Kier alpha value is -1.53. The van der Waals surface area contributed by atoms with Crippen molar-refractivity contribution in [3.05, 3.63) is 29.8 Å². The summed E-state index contributed by atoms with van der Waals surface area (Å²) < 4.78 is 13.8. The molecule has 1 aromatic heterocycles. The van der Waals surface area contributed by atoms with E-state index in [4.69, 9.17) is 0 Å². The van der Waals surface area contributed by atoms with Crippen LogP contribution in [-0.4, -0.2) is 69.9 Å². The number of carbonyl (C=O) groups excluding carboxylic acids is 1. The fourth-order valence-electron chi connectivity index (χ4n) is 3.83. The number of rotatable bonds is 4. The summed E-state index contributed by atoms with van der Waals surface area (Å²) in [5, 5.41) is 0. The molecule has 3 heterocycles. The van der Waals surface area contributed by atoms with Crippen LogP contribution in [0.2, 0.25) is 0 Å². The summed E-state index contributed by atoms with van der Waals surface area (Å²) in [6.45, 7) is 10.3. The Kier molecular flexibility index (Phi) is 5.15. The van der Waals surface area contributed by atoms with E-state index in [1.54, 1.807) is 12.3 Å². The Labute approximate surface area is 143 Å². The lowest BCUT2D eigenvalue weighted by molar-refractivity contribution is -0.134. The zero-order chi connectivity index (χ0) is 17.3. The van der Waals surface area contributed by atoms with Crippen molar-refractivity contribution >= 4 is 5.91 Å². The molecule has 1 amide bonds. The van der Waals surface area contributed by atoms with Crippen LogP contribution < -0.4 is 0 Å². The van der Waals surface area contributed by atoms with Gasteiger partial charge in [0.25, 0.3) is 0 Å². The Morgan fingerprint density at radius 1 is 1.33 bits per heavy atom. The topological polar surface area (TPSA) is 39.7 Å². The number of amides is 1. The van der Waals surface area contributed by atoms with Gasteiger partial charge >= 0.3 is 0 Å². The average Bonchev–Trinajstić information content (AvgIpc) is 2.93. The highest BCUT2D eigenvalue weighted by atomic mass is 19.1. The number of hydrogen-bond donors (Lipinski definition) is 0. The first-order valence-electron chi connectivity index (χ1n) is 8.84. The molecule has 132 valence electrons. The predicted octanol–water partition coefficient (Wildman–Crippen LogP) is 1.74. The molecule has 0 aromatic carbocycles. The highest BCUT2D eigenvalue weighted by Gasteiger charge is 2.39. The lowest BCUT2D eigenvalue weighted by Crippen LogP contribution is -2.56. The summed E-state index contributed by atoms with van der Waals surface area (Å²) in [5.74, 6) is 0.0245. The zero-order valence-electron chi connectivity index (χ0n) is 14.8. The number of pyridine rings is 1. The van der Waals surface area contributed by atoms with Crippen LogP contribution in [0.4, 0.5) is 4.39 Å². The molecule has 5 nitrogen and oxygen atoms in total. The van der Waals surface area contributed by atoms with E-state index in [-0.39, 0.29) is 23.8 Å². The van der Waals surface area contributed by atoms with E-state index in [0.29, 0.717) is 18.2 Å². The summed E-state index contributed by atoms with van der Waals surface area (Å²) in [5.41, 5.74) is 0.688. The van der Waals surface area contributed by atoms with E-state index >= 15 is 0 Å². The van der Waals surface area contributed by atoms with Crippen molar-refractivity contribution in [1.82, 2.24) is 19.7 Å². The van der Waals surface area contributed by atoms with Crippen LogP contribution >= 0.6 is 0 Å². The van der Waals surface area contributed by atoms with E-state index in [1.165, 1.54) is 6.20 Å². The van der Waals surface area contributed by atoms with Gasteiger partial charge in [-0.25, -0.2) is 4.39 Å². The minimum atomic E-state index is -0.245. The molecule has 2 aliphatic heterocycles. The number of likely N-dealkylation sites (tertiary alicyclic amines) is 1. The minimum absolute atomic E-state index is 0.0228. The van der Waals surface area contributed by atoms with Crippen LogP contribution in [0.5, 0.6) is 0 Å². The van der Waals surface area contributed by atoms with Gasteiger partial charge in [0.05, 0.1) is 12.2 Å². The van der Waals surface area contributed by atoms with E-state index in [2.05, 4.69) is 35.6 Å². The lowest BCUT2D eigenvalue weighted by Gasteiger charge is -2.42. The molecule has 0 saturated carbocycles. The Balaban J connectivity index is 1.60. The molecule has 1 aromatic rings. The molecular formula is C18H27FN4O. The van der Waals surface area contributed by atoms with Crippen molar-refractivity contribution in [2.45, 2.75) is 51.9 Å². The third-order valence-corrected chi connectivity index (χ3v) is 5.30. The van der Waals surface area contributed by atoms with Gasteiger partial charge in [-0.3, -0.25) is 19.6 Å². The fraction of sp³-hybridized carbons (Fsp3) is 0.667. The van der Waals surface area contributed by atoms with Crippen LogP contribution in [0.25, 0.3) is 0 Å². The highest BCUT2D eigenvalue weighted by molar-refractivity contribution is 5.84. The third-order valence-electron chi connectivity index (χ3n) is 5.30. The second-order valence-corrected chi connectivity index (χ2v) is 7.21. The number of aromatic nitrogens is 1. The van der Waals surface area contributed by atoms with E-state index < -0.39 is 0 Å². The second kappa shape index (κ2) is 7.15. The summed E-state index contributed by atoms with van der Waals surface area (Å²) >= 11 is 0. The minimum Gasteiger partial charge on any atom is -0.339 e. The van der Waals surface area contributed by atoms with Crippen molar-refractivity contribution in [1.29, 1.82) is 0 Å². The van der Waals surface area contributed by atoms with Crippen LogP contribution in [0.1, 0.15) is 32.8 Å². The first-order valence-corrected chi connectivity index (χ1v) is 8.84. The maximum atomic E-state index is 13.8. The second-order valence-electron chi connectivity index (χ2n) is 7.21. The summed E-state index contributed by atoms with van der Waals surface area (Å²) in [6.07, 6.45) is 3.83. The first kappa shape index (κ1) is 17.3. The Morgan fingerprint density at radius 3 is 2.75 bits per heavy atom. The van der Waals surface area contributed by atoms with Crippen LogP contribution in [0, 0.1) is 5.82 Å². The maximum Gasteiger partial charge on any atom is 0.240 e. The Morgan fingerprint density at radius 2 is 2.12 bits per heavy atom. The smallest absolute Gasteiger partial charge is 0.240 e. The van der Waals surface area contributed by atoms with Gasteiger partial charge in [0.1, 0.15) is 5.82 Å². The number of hydrogen-bond acceptors (Lipinski definition) is 4. The van der Waals surface area contributed by atoms with Gasteiger partial charge in [0, 0.05) is 56.6 Å². The molecule has 0 spiro atoms. The average molecular weight is 334 g/mol. The van der Waals surface area contributed by atoms with Gasteiger partial charge in [-0.1, -0.05) is 0 Å². The largest absolute Gasteiger partial charge is 0.339 e. The number of piperazine rings is 1. The van der Waals surface area contributed by atoms with Gasteiger partial charge in [-0.15, -0.1) is 0 Å². The first-order chi connectivity index (χ1) is 11.5. The fourth-order valence-corrected chi connectivity index (χ4v) is 3.83. The molecule has 0 N–H and O–H groups in total. The number of halogens is 1. The standard InChI is InChI=1S/C18H27FN4O/c1-13(2)23-7-5-17(18(23)24)22-9-8-21(14(3)11-22)12-15-4-6-20-10-16(15)19/h4,6,10,13-14,17H,5,7-9,11-12H2,1-3H3. The molecule has 2 fully saturated rings. The lowest BCUT2D eigenvalue weighted by atomic mass is 10.1. The zero-order valence-corrected chi connectivity index (χ0v) is 14.8. The molecule has 2 aliphatic rings. The van der Waals surface area contributed by atoms with Crippen molar-refractivity contribution in [2.24, 2.45) is 0 Å². The molecule has 6 heteroatoms. The third kappa shape index (κ3) is 3.44. The molecule has 2 unspecified atom stereocenters. The number of nitrogens with zero attached hydrogens (tertiary/aromatic N) is 4. The predicted molar refractivity (Wildman–Crippen MR) is 90.9 cm³/mol. The van der Waals surface area contributed by atoms with Crippen molar-refractivity contribution in [3.8, 4) is 0 Å². The van der Waals surface area contributed by atoms with E-state index in [0.717, 1.165) is 32.6 Å². The Bertz CT molecular complexity index is 594. The number of carbonyl (C=O) groups is 1. The van der Waals surface area contributed by atoms with Crippen LogP contribution in [0.15, 0.2) is 18.5 Å². The SMILES string of the molecule is CC1CN(C2CCN(C(C)C)C2=O)CCN1Cc1ccncc1F. The van der Waals surface area contributed by atoms with Crippen molar-refractivity contribution in [3.63, 3.8) is 0 Å². The maximum absolute atomic E-state index is 13.8. The van der Waals surface area contributed by atoms with Gasteiger partial charge in [-0.05, 0) is 33.3 Å².